The van der Waals surface area contributed by atoms with Gasteiger partial charge in [-0.3, -0.25) is 4.79 Å². The summed E-state index contributed by atoms with van der Waals surface area (Å²) in [4.78, 5) is 12.8. The molecule has 0 aromatic rings. The summed E-state index contributed by atoms with van der Waals surface area (Å²) >= 11 is 0. The van der Waals surface area contributed by atoms with Gasteiger partial charge in [-0.15, -0.1) is 0 Å². The van der Waals surface area contributed by atoms with Gasteiger partial charge in [0.25, 0.3) is 16.1 Å². The molecule has 15 heavy (non-hydrogen) atoms. The van der Waals surface area contributed by atoms with Gasteiger partial charge in [0.2, 0.25) is 0 Å². The largest absolute Gasteiger partial charge is 0.329 e. The lowest BCUT2D eigenvalue weighted by Gasteiger charge is -2.31. The van der Waals surface area contributed by atoms with Crippen molar-refractivity contribution in [3.05, 3.63) is 0 Å². The first kappa shape index (κ1) is 12.0. The number of nitrogens with two attached hydrogens (primary N) is 1. The Balaban J connectivity index is 2.56. The standard InChI is InChI=1S/C8H13N3O3S/c1-2-3-8(12)10-4-6-11(7-5-10)15(9,13)14/h4-7H2,1H3,(H2,9,13,14). The molecule has 84 valence electrons. The van der Waals surface area contributed by atoms with Crippen LogP contribution in [0.1, 0.15) is 6.92 Å². The fourth-order valence-corrected chi connectivity index (χ4v) is 2.00. The summed E-state index contributed by atoms with van der Waals surface area (Å²) in [5.74, 6) is 4.64. The molecule has 0 unspecified atom stereocenters. The Morgan fingerprint density at radius 3 is 2.20 bits per heavy atom. The van der Waals surface area contributed by atoms with E-state index in [1.54, 1.807) is 6.92 Å². The summed E-state index contributed by atoms with van der Waals surface area (Å²) in [5.41, 5.74) is 0. The van der Waals surface area contributed by atoms with Crippen LogP contribution in [0.3, 0.4) is 0 Å². The van der Waals surface area contributed by atoms with Crippen LogP contribution in [0.5, 0.6) is 0 Å². The van der Waals surface area contributed by atoms with Crippen LogP contribution in [0.2, 0.25) is 0 Å². The van der Waals surface area contributed by atoms with E-state index in [1.165, 1.54) is 4.90 Å². The average Bonchev–Trinajstić information content (AvgIpc) is 2.17. The molecule has 6 nitrogen and oxygen atoms in total. The Hall–Kier alpha value is -1.10. The quantitative estimate of drug-likeness (QED) is 0.549. The van der Waals surface area contributed by atoms with Crippen molar-refractivity contribution < 1.29 is 13.2 Å². The van der Waals surface area contributed by atoms with Crippen molar-refractivity contribution in [2.45, 2.75) is 6.92 Å². The van der Waals surface area contributed by atoms with Crippen LogP contribution in [0.25, 0.3) is 0 Å². The summed E-state index contributed by atoms with van der Waals surface area (Å²) in [7, 11) is -3.63. The maximum atomic E-state index is 11.3. The minimum Gasteiger partial charge on any atom is -0.329 e. The Kier molecular flexibility index (Phi) is 3.68. The molecule has 0 spiro atoms. The van der Waals surface area contributed by atoms with Gasteiger partial charge in [0.1, 0.15) is 0 Å². The average molecular weight is 231 g/mol. The second-order valence-corrected chi connectivity index (χ2v) is 4.66. The van der Waals surface area contributed by atoms with Crippen molar-refractivity contribution in [3.63, 3.8) is 0 Å². The zero-order valence-corrected chi connectivity index (χ0v) is 9.25. The molecule has 1 aliphatic rings. The number of hydrogen-bond donors (Lipinski definition) is 1. The molecule has 1 fully saturated rings. The molecular weight excluding hydrogens is 218 g/mol. The Labute approximate surface area is 89.2 Å². The summed E-state index contributed by atoms with van der Waals surface area (Å²) in [6.07, 6.45) is 0. The highest BCUT2D eigenvalue weighted by Gasteiger charge is 2.25. The van der Waals surface area contributed by atoms with Gasteiger partial charge in [0.15, 0.2) is 0 Å². The van der Waals surface area contributed by atoms with Crippen molar-refractivity contribution in [1.82, 2.24) is 9.21 Å². The maximum absolute atomic E-state index is 11.3. The van der Waals surface area contributed by atoms with Crippen LogP contribution in [0, 0.1) is 11.8 Å². The number of nitrogens with zero attached hydrogens (tertiary/aromatic N) is 2. The van der Waals surface area contributed by atoms with Crippen LogP contribution in [0.15, 0.2) is 0 Å². The third kappa shape index (κ3) is 3.20. The third-order valence-corrected chi connectivity index (χ3v) is 3.20. The number of rotatable bonds is 1. The van der Waals surface area contributed by atoms with E-state index in [0.29, 0.717) is 13.1 Å². The van der Waals surface area contributed by atoms with E-state index in [0.717, 1.165) is 4.31 Å². The summed E-state index contributed by atoms with van der Waals surface area (Å²) in [6.45, 7) is 2.72. The molecule has 1 rings (SSSR count). The normalized spacial score (nSPS) is 18.1. The van der Waals surface area contributed by atoms with Crippen LogP contribution in [-0.4, -0.2) is 49.7 Å². The molecule has 0 aromatic heterocycles. The summed E-state index contributed by atoms with van der Waals surface area (Å²) in [5, 5.41) is 4.96. The molecule has 0 radical (unpaired) electrons. The summed E-state index contributed by atoms with van der Waals surface area (Å²) in [6, 6.07) is 0. The predicted octanol–water partition coefficient (Wildman–Crippen LogP) is -1.64. The highest BCUT2D eigenvalue weighted by atomic mass is 32.2. The second kappa shape index (κ2) is 4.61. The Bertz CT molecular complexity index is 399. The molecule has 0 bridgehead atoms. The predicted molar refractivity (Wildman–Crippen MR) is 54.7 cm³/mol. The highest BCUT2D eigenvalue weighted by Crippen LogP contribution is 2.04. The van der Waals surface area contributed by atoms with E-state index in [1.807, 2.05) is 0 Å². The van der Waals surface area contributed by atoms with Gasteiger partial charge in [0, 0.05) is 26.2 Å². The van der Waals surface area contributed by atoms with Crippen LogP contribution in [-0.2, 0) is 15.0 Å². The molecule has 2 N–H and O–H groups in total. The van der Waals surface area contributed by atoms with Crippen molar-refractivity contribution in [2.24, 2.45) is 5.14 Å². The zero-order chi connectivity index (χ0) is 11.5. The Morgan fingerprint density at radius 2 is 1.80 bits per heavy atom. The van der Waals surface area contributed by atoms with E-state index in [2.05, 4.69) is 11.8 Å². The number of piperazine rings is 1. The van der Waals surface area contributed by atoms with E-state index < -0.39 is 10.2 Å². The van der Waals surface area contributed by atoms with Crippen LogP contribution in [0.4, 0.5) is 0 Å². The zero-order valence-electron chi connectivity index (χ0n) is 8.43. The monoisotopic (exact) mass is 231 g/mol. The number of carbonyl (C=O) groups is 1. The lowest BCUT2D eigenvalue weighted by Crippen LogP contribution is -2.52. The topological polar surface area (TPSA) is 83.7 Å². The van der Waals surface area contributed by atoms with E-state index >= 15 is 0 Å². The molecule has 0 atom stereocenters. The number of carbonyl (C=O) groups excluding carboxylic acids is 1. The first-order valence-corrected chi connectivity index (χ1v) is 5.95. The molecule has 0 aliphatic carbocycles. The Morgan fingerprint density at radius 1 is 1.27 bits per heavy atom. The highest BCUT2D eigenvalue weighted by molar-refractivity contribution is 7.86. The summed E-state index contributed by atoms with van der Waals surface area (Å²) < 4.78 is 23.1. The van der Waals surface area contributed by atoms with Crippen molar-refractivity contribution in [1.29, 1.82) is 0 Å². The number of amides is 1. The molecule has 0 saturated carbocycles. The molecule has 1 amide bonds. The SMILES string of the molecule is CC#CC(=O)N1CCN(S(N)(=O)=O)CC1. The second-order valence-electron chi connectivity index (χ2n) is 3.11. The fourth-order valence-electron chi connectivity index (χ4n) is 1.33. The number of hydrogen-bond acceptors (Lipinski definition) is 3. The molecule has 1 heterocycles. The first-order valence-electron chi connectivity index (χ1n) is 4.44. The first-order chi connectivity index (χ1) is 6.95. The lowest BCUT2D eigenvalue weighted by molar-refractivity contribution is -0.126. The van der Waals surface area contributed by atoms with Gasteiger partial charge in [-0.05, 0) is 12.8 Å². The molecule has 1 aliphatic heterocycles. The molecule has 0 aromatic carbocycles. The lowest BCUT2D eigenvalue weighted by atomic mass is 10.3. The van der Waals surface area contributed by atoms with E-state index in [4.69, 9.17) is 5.14 Å². The van der Waals surface area contributed by atoms with Gasteiger partial charge in [-0.25, -0.2) is 5.14 Å². The van der Waals surface area contributed by atoms with E-state index in [-0.39, 0.29) is 19.0 Å². The van der Waals surface area contributed by atoms with Crippen molar-refractivity contribution in [3.8, 4) is 11.8 Å². The molecular formula is C8H13N3O3S. The molecule has 7 heteroatoms. The van der Waals surface area contributed by atoms with Crippen LogP contribution >= 0.6 is 0 Å². The van der Waals surface area contributed by atoms with Gasteiger partial charge >= 0.3 is 0 Å². The van der Waals surface area contributed by atoms with Crippen molar-refractivity contribution >= 4 is 16.1 Å². The van der Waals surface area contributed by atoms with Gasteiger partial charge in [0.05, 0.1) is 0 Å². The van der Waals surface area contributed by atoms with E-state index in [9.17, 15) is 13.2 Å². The molecule has 1 saturated heterocycles. The smallest absolute Gasteiger partial charge is 0.298 e. The van der Waals surface area contributed by atoms with Gasteiger partial charge in [-0.1, -0.05) is 5.92 Å². The van der Waals surface area contributed by atoms with Crippen molar-refractivity contribution in [2.75, 3.05) is 26.2 Å². The fraction of sp³-hybridized carbons (Fsp3) is 0.625. The van der Waals surface area contributed by atoms with Gasteiger partial charge in [-0.2, -0.15) is 12.7 Å². The maximum Gasteiger partial charge on any atom is 0.298 e. The minimum absolute atomic E-state index is 0.232. The van der Waals surface area contributed by atoms with Crippen LogP contribution < -0.4 is 5.14 Å². The van der Waals surface area contributed by atoms with Gasteiger partial charge < -0.3 is 4.90 Å². The third-order valence-electron chi connectivity index (χ3n) is 2.12. The minimum atomic E-state index is -3.63.